The van der Waals surface area contributed by atoms with Crippen LogP contribution in [-0.4, -0.2) is 22.8 Å². The van der Waals surface area contributed by atoms with Gasteiger partial charge in [-0.05, 0) is 11.6 Å². The van der Waals surface area contributed by atoms with Gasteiger partial charge in [0.05, 0.1) is 15.9 Å². The monoisotopic (exact) mass is 330 g/mol. The molecule has 0 spiro atoms. The van der Waals surface area contributed by atoms with Crippen molar-refractivity contribution in [3.05, 3.63) is 74.3 Å². The Hall–Kier alpha value is -3.49. The fraction of sp³-hybridized carbons (Fsp3) is 0.133. The number of non-ortho nitro benzene ring substituents is 1. The van der Waals surface area contributed by atoms with Crippen LogP contribution in [0, 0.1) is 20.2 Å². The highest BCUT2D eigenvalue weighted by Gasteiger charge is 2.25. The maximum atomic E-state index is 12.1. The van der Waals surface area contributed by atoms with Crippen LogP contribution < -0.4 is 10.6 Å². The molecule has 1 amide bonds. The Labute approximate surface area is 136 Å². The molecule has 0 fully saturated rings. The first-order valence-electron chi connectivity index (χ1n) is 6.90. The molecule has 9 nitrogen and oxygen atoms in total. The van der Waals surface area contributed by atoms with E-state index in [-0.39, 0.29) is 5.69 Å². The molecule has 2 N–H and O–H groups in total. The zero-order chi connectivity index (χ0) is 17.7. The fourth-order valence-electron chi connectivity index (χ4n) is 2.15. The molecule has 0 aliphatic rings. The molecule has 9 heteroatoms. The largest absolute Gasteiger partial charge is 0.364 e. The Morgan fingerprint density at radius 2 is 1.71 bits per heavy atom. The summed E-state index contributed by atoms with van der Waals surface area (Å²) >= 11 is 0. The number of nitrogens with zero attached hydrogens (tertiary/aromatic N) is 2. The van der Waals surface area contributed by atoms with E-state index in [4.69, 9.17) is 0 Å². The van der Waals surface area contributed by atoms with Gasteiger partial charge in [0.15, 0.2) is 0 Å². The number of nitro groups is 2. The summed E-state index contributed by atoms with van der Waals surface area (Å²) in [5.41, 5.74) is -0.259. The molecule has 0 aromatic heterocycles. The lowest BCUT2D eigenvalue weighted by atomic mass is 10.1. The highest BCUT2D eigenvalue weighted by atomic mass is 16.6. The number of carbonyl (C=O) groups is 1. The molecule has 0 heterocycles. The number of nitro benzene ring substituents is 2. The first-order valence-corrected chi connectivity index (χ1v) is 6.90. The molecule has 2 rings (SSSR count). The summed E-state index contributed by atoms with van der Waals surface area (Å²) in [6.07, 6.45) is 0. The number of nitrogens with one attached hydrogen (secondary N) is 2. The first kappa shape index (κ1) is 16.9. The second-order valence-corrected chi connectivity index (χ2v) is 4.82. The summed E-state index contributed by atoms with van der Waals surface area (Å²) < 4.78 is 0. The molecule has 0 saturated heterocycles. The number of rotatable bonds is 6. The lowest BCUT2D eigenvalue weighted by molar-refractivity contribution is -0.393. The number of anilines is 1. The van der Waals surface area contributed by atoms with E-state index in [2.05, 4.69) is 10.6 Å². The second-order valence-electron chi connectivity index (χ2n) is 4.82. The Bertz CT molecular complexity index is 779. The van der Waals surface area contributed by atoms with Gasteiger partial charge in [0.1, 0.15) is 11.7 Å². The van der Waals surface area contributed by atoms with Gasteiger partial charge in [-0.1, -0.05) is 30.3 Å². The molecular weight excluding hydrogens is 316 g/mol. The van der Waals surface area contributed by atoms with Gasteiger partial charge in [-0.25, -0.2) is 0 Å². The van der Waals surface area contributed by atoms with Crippen LogP contribution in [0.3, 0.4) is 0 Å². The Balaban J connectivity index is 2.44. The molecular formula is C15H14N4O5. The molecule has 0 bridgehead atoms. The zero-order valence-electron chi connectivity index (χ0n) is 12.6. The van der Waals surface area contributed by atoms with Crippen molar-refractivity contribution in [2.75, 3.05) is 12.4 Å². The van der Waals surface area contributed by atoms with Gasteiger partial charge < -0.3 is 10.6 Å². The summed E-state index contributed by atoms with van der Waals surface area (Å²) in [7, 11) is 1.45. The van der Waals surface area contributed by atoms with Crippen LogP contribution in [0.1, 0.15) is 11.6 Å². The number of amides is 1. The van der Waals surface area contributed by atoms with Gasteiger partial charge in [0.25, 0.3) is 11.4 Å². The minimum Gasteiger partial charge on any atom is -0.364 e. The Morgan fingerprint density at radius 3 is 2.25 bits per heavy atom. The highest BCUT2D eigenvalue weighted by Crippen LogP contribution is 2.31. The van der Waals surface area contributed by atoms with Crippen molar-refractivity contribution < 1.29 is 14.6 Å². The highest BCUT2D eigenvalue weighted by molar-refractivity contribution is 5.86. The smallest absolute Gasteiger partial charge is 0.299 e. The third-order valence-electron chi connectivity index (χ3n) is 3.33. The third-order valence-corrected chi connectivity index (χ3v) is 3.33. The van der Waals surface area contributed by atoms with Crippen LogP contribution in [0.4, 0.5) is 17.1 Å². The SMILES string of the molecule is CNC(=O)[C@H](Nc1ccc([N+](=O)[O-])cc1[N+](=O)[O-])c1ccccc1. The topological polar surface area (TPSA) is 127 Å². The summed E-state index contributed by atoms with van der Waals surface area (Å²) in [4.78, 5) is 32.6. The van der Waals surface area contributed by atoms with E-state index >= 15 is 0 Å². The molecule has 0 unspecified atom stereocenters. The van der Waals surface area contributed by atoms with Crippen molar-refractivity contribution in [3.8, 4) is 0 Å². The van der Waals surface area contributed by atoms with Crippen LogP contribution >= 0.6 is 0 Å². The standard InChI is InChI=1S/C15H14N4O5/c1-16-15(20)14(10-5-3-2-4-6-10)17-12-8-7-11(18(21)22)9-13(12)19(23)24/h2-9,14,17H,1H3,(H,16,20)/t14-/m1/s1. The summed E-state index contributed by atoms with van der Waals surface area (Å²) in [6.45, 7) is 0. The van der Waals surface area contributed by atoms with Crippen LogP contribution in [0.5, 0.6) is 0 Å². The Kier molecular flexibility index (Phi) is 5.05. The minimum absolute atomic E-state index is 0.0167. The van der Waals surface area contributed by atoms with E-state index < -0.39 is 33.2 Å². The predicted molar refractivity (Wildman–Crippen MR) is 86.6 cm³/mol. The van der Waals surface area contributed by atoms with Gasteiger partial charge in [-0.3, -0.25) is 25.0 Å². The molecule has 24 heavy (non-hydrogen) atoms. The van der Waals surface area contributed by atoms with E-state index in [1.165, 1.54) is 13.1 Å². The van der Waals surface area contributed by atoms with E-state index in [1.807, 2.05) is 0 Å². The summed E-state index contributed by atoms with van der Waals surface area (Å²) in [5, 5.41) is 27.2. The van der Waals surface area contributed by atoms with Gasteiger partial charge in [0, 0.05) is 13.1 Å². The van der Waals surface area contributed by atoms with Crippen molar-refractivity contribution in [1.29, 1.82) is 0 Å². The first-order chi connectivity index (χ1) is 11.4. The third kappa shape index (κ3) is 3.64. The maximum Gasteiger partial charge on any atom is 0.299 e. The molecule has 0 radical (unpaired) electrons. The normalized spacial score (nSPS) is 11.4. The molecule has 0 aliphatic carbocycles. The quantitative estimate of drug-likeness (QED) is 0.618. The van der Waals surface area contributed by atoms with Crippen LogP contribution in [0.15, 0.2) is 48.5 Å². The lowest BCUT2D eigenvalue weighted by Gasteiger charge is -2.18. The minimum atomic E-state index is -0.878. The molecule has 2 aromatic rings. The Morgan fingerprint density at radius 1 is 1.04 bits per heavy atom. The molecule has 0 aliphatic heterocycles. The number of hydrogen-bond acceptors (Lipinski definition) is 6. The van der Waals surface area contributed by atoms with Crippen molar-refractivity contribution in [2.24, 2.45) is 0 Å². The van der Waals surface area contributed by atoms with Crippen molar-refractivity contribution in [2.45, 2.75) is 6.04 Å². The second kappa shape index (κ2) is 7.18. The van der Waals surface area contributed by atoms with Gasteiger partial charge in [-0.2, -0.15) is 0 Å². The maximum absolute atomic E-state index is 12.1. The van der Waals surface area contributed by atoms with Crippen LogP contribution in [0.2, 0.25) is 0 Å². The van der Waals surface area contributed by atoms with Crippen LogP contribution in [-0.2, 0) is 4.79 Å². The van der Waals surface area contributed by atoms with Crippen molar-refractivity contribution >= 4 is 23.0 Å². The fourth-order valence-corrected chi connectivity index (χ4v) is 2.15. The van der Waals surface area contributed by atoms with Crippen molar-refractivity contribution in [3.63, 3.8) is 0 Å². The van der Waals surface area contributed by atoms with Crippen LogP contribution in [0.25, 0.3) is 0 Å². The average molecular weight is 330 g/mol. The molecule has 124 valence electrons. The summed E-state index contributed by atoms with van der Waals surface area (Å²) in [6, 6.07) is 11.0. The molecule has 2 aromatic carbocycles. The zero-order valence-corrected chi connectivity index (χ0v) is 12.6. The molecule has 0 saturated carbocycles. The number of benzene rings is 2. The van der Waals surface area contributed by atoms with E-state index in [9.17, 15) is 25.0 Å². The average Bonchev–Trinajstić information content (AvgIpc) is 2.59. The predicted octanol–water partition coefficient (Wildman–Crippen LogP) is 2.40. The number of likely N-dealkylation sites (N-methyl/N-ethyl adjacent to an activating group) is 1. The van der Waals surface area contributed by atoms with Gasteiger partial charge in [0.2, 0.25) is 5.91 Å². The van der Waals surface area contributed by atoms with Gasteiger partial charge in [-0.15, -0.1) is 0 Å². The summed E-state index contributed by atoms with van der Waals surface area (Å²) in [5.74, 6) is -0.395. The number of hydrogen-bond donors (Lipinski definition) is 2. The van der Waals surface area contributed by atoms with E-state index in [0.717, 1.165) is 12.1 Å². The van der Waals surface area contributed by atoms with Gasteiger partial charge >= 0.3 is 0 Å². The molecule has 1 atom stereocenters. The number of carbonyl (C=O) groups excluding carboxylic acids is 1. The van der Waals surface area contributed by atoms with Crippen molar-refractivity contribution in [1.82, 2.24) is 5.32 Å². The van der Waals surface area contributed by atoms with E-state index in [1.54, 1.807) is 30.3 Å². The lowest BCUT2D eigenvalue weighted by Crippen LogP contribution is -2.31. The van der Waals surface area contributed by atoms with E-state index in [0.29, 0.717) is 5.56 Å².